The van der Waals surface area contributed by atoms with Crippen LogP contribution in [0.4, 0.5) is 61.5 Å². The van der Waals surface area contributed by atoms with Crippen molar-refractivity contribution in [1.82, 2.24) is 0 Å². The van der Waals surface area contributed by atoms with E-state index in [2.05, 4.69) is 18.9 Å². The first-order chi connectivity index (χ1) is 13.4. The maximum Gasteiger partial charge on any atom is 0.443 e. The zero-order valence-corrected chi connectivity index (χ0v) is 14.8. The van der Waals surface area contributed by atoms with Gasteiger partial charge in [-0.2, -0.15) is 61.5 Å². The highest BCUT2D eigenvalue weighted by Gasteiger charge is 3.01. The van der Waals surface area contributed by atoms with Crippen molar-refractivity contribution in [3.63, 3.8) is 0 Å². The Hall–Kier alpha value is -1.14. The summed E-state index contributed by atoms with van der Waals surface area (Å²) in [6.07, 6.45) is -44.3. The van der Waals surface area contributed by atoms with E-state index in [1.54, 1.807) is 0 Å². The smallest absolute Gasteiger partial charge is 0.277 e. The van der Waals surface area contributed by atoms with Crippen LogP contribution in [0.5, 0.6) is 0 Å². The summed E-state index contributed by atoms with van der Waals surface area (Å²) in [5.41, 5.74) is -6.94. The molecule has 18 heteroatoms. The number of ether oxygens (including phenoxy) is 4. The van der Waals surface area contributed by atoms with E-state index in [0.29, 0.717) is 0 Å². The molecule has 2 aliphatic heterocycles. The Morgan fingerprint density at radius 1 is 0.484 bits per heavy atom. The van der Waals surface area contributed by atoms with Gasteiger partial charge in [0, 0.05) is 12.8 Å². The fraction of sp³-hybridized carbons (Fsp3) is 1.00. The second-order valence-corrected chi connectivity index (χ2v) is 6.43. The Balaban J connectivity index is 2.84. The maximum absolute atomic E-state index is 14.4. The lowest BCUT2D eigenvalue weighted by Crippen LogP contribution is -2.85. The van der Waals surface area contributed by atoms with E-state index in [9.17, 15) is 61.5 Å². The molecule has 4 nitrogen and oxygen atoms in total. The van der Waals surface area contributed by atoms with Crippen molar-refractivity contribution in [2.45, 2.75) is 75.1 Å². The van der Waals surface area contributed by atoms with Crippen LogP contribution >= 0.6 is 0 Å². The predicted octanol–water partition coefficient (Wildman–Crippen LogP) is 5.77. The monoisotopic (exact) mass is 496 g/mol. The van der Waals surface area contributed by atoms with E-state index >= 15 is 0 Å². The van der Waals surface area contributed by atoms with Gasteiger partial charge in [0.15, 0.2) is 0 Å². The van der Waals surface area contributed by atoms with Gasteiger partial charge >= 0.3 is 42.2 Å². The fourth-order valence-electron chi connectivity index (χ4n) is 3.11. The SMILES string of the molecule is CCC1(C(F)(F)F)OC(F)(F)C2(C(F)(F)O1)C(F)(F)OC(CC)(C(F)(F)F)OC2(F)F. The molecule has 2 fully saturated rings. The summed E-state index contributed by atoms with van der Waals surface area (Å²) < 4.78 is 205. The average Bonchev–Trinajstić information content (AvgIpc) is 2.47. The van der Waals surface area contributed by atoms with Gasteiger partial charge in [-0.3, -0.25) is 18.9 Å². The van der Waals surface area contributed by atoms with Gasteiger partial charge in [0.05, 0.1) is 0 Å². The molecule has 0 unspecified atom stereocenters. The molecule has 0 amide bonds. The predicted molar refractivity (Wildman–Crippen MR) is 64.7 cm³/mol. The van der Waals surface area contributed by atoms with E-state index in [4.69, 9.17) is 0 Å². The summed E-state index contributed by atoms with van der Waals surface area (Å²) in [6.45, 7) is 0.487. The molecule has 0 aromatic rings. The molecule has 2 rings (SSSR count). The highest BCUT2D eigenvalue weighted by molar-refractivity contribution is 5.13. The summed E-state index contributed by atoms with van der Waals surface area (Å²) in [7, 11) is 0. The summed E-state index contributed by atoms with van der Waals surface area (Å²) in [4.78, 5) is 0. The van der Waals surface area contributed by atoms with Crippen molar-refractivity contribution < 1.29 is 80.4 Å². The second kappa shape index (κ2) is 6.47. The van der Waals surface area contributed by atoms with Crippen molar-refractivity contribution in [3.05, 3.63) is 0 Å². The van der Waals surface area contributed by atoms with Gasteiger partial charge in [-0.05, 0) is 0 Å². The van der Waals surface area contributed by atoms with Crippen LogP contribution in [0.1, 0.15) is 26.7 Å². The largest absolute Gasteiger partial charge is 0.443 e. The Labute approximate surface area is 162 Å². The van der Waals surface area contributed by atoms with Crippen LogP contribution < -0.4 is 0 Å². The molecule has 0 saturated carbocycles. The molecule has 0 bridgehead atoms. The van der Waals surface area contributed by atoms with Gasteiger partial charge in [0.2, 0.25) is 0 Å². The molecule has 0 N–H and O–H groups in total. The normalized spacial score (nSPS) is 39.5. The quantitative estimate of drug-likeness (QED) is 0.455. The summed E-state index contributed by atoms with van der Waals surface area (Å²) in [5, 5.41) is 0. The van der Waals surface area contributed by atoms with Crippen LogP contribution in [0.25, 0.3) is 0 Å². The average molecular weight is 496 g/mol. The highest BCUT2D eigenvalue weighted by Crippen LogP contribution is 2.74. The van der Waals surface area contributed by atoms with Gasteiger partial charge < -0.3 is 0 Å². The second-order valence-electron chi connectivity index (χ2n) is 6.43. The minimum Gasteiger partial charge on any atom is -0.277 e. The molecule has 184 valence electrons. The van der Waals surface area contributed by atoms with E-state index in [1.165, 1.54) is 0 Å². The number of rotatable bonds is 2. The Morgan fingerprint density at radius 2 is 0.677 bits per heavy atom. The van der Waals surface area contributed by atoms with Crippen molar-refractivity contribution in [3.8, 4) is 0 Å². The number of hydrogen-bond acceptors (Lipinski definition) is 4. The summed E-state index contributed by atoms with van der Waals surface area (Å²) >= 11 is 0. The lowest BCUT2D eigenvalue weighted by Gasteiger charge is -2.60. The lowest BCUT2D eigenvalue weighted by atomic mass is 9.78. The molecule has 31 heavy (non-hydrogen) atoms. The Morgan fingerprint density at radius 3 is 0.806 bits per heavy atom. The third kappa shape index (κ3) is 3.03. The van der Waals surface area contributed by atoms with Gasteiger partial charge in [-0.1, -0.05) is 13.8 Å². The minimum absolute atomic E-state index is 0.244. The van der Waals surface area contributed by atoms with Crippen molar-refractivity contribution in [2.75, 3.05) is 0 Å². The third-order valence-corrected chi connectivity index (χ3v) is 4.71. The molecule has 0 radical (unpaired) electrons. The van der Waals surface area contributed by atoms with Gasteiger partial charge in [-0.25, -0.2) is 0 Å². The van der Waals surface area contributed by atoms with Gasteiger partial charge in [0.1, 0.15) is 0 Å². The molecule has 2 heterocycles. The molecule has 0 atom stereocenters. The zero-order chi connectivity index (χ0) is 24.7. The van der Waals surface area contributed by atoms with E-state index < -0.39 is 66.6 Å². The molecule has 0 aromatic carbocycles. The first kappa shape index (κ1) is 26.1. The molecule has 0 aliphatic carbocycles. The van der Waals surface area contributed by atoms with Crippen LogP contribution in [-0.4, -0.2) is 48.4 Å². The van der Waals surface area contributed by atoms with E-state index in [-0.39, 0.29) is 13.8 Å². The minimum atomic E-state index is -6.94. The number of alkyl halides is 14. The number of hydrogen-bond donors (Lipinski definition) is 0. The highest BCUT2D eigenvalue weighted by atomic mass is 19.4. The Kier molecular flexibility index (Phi) is 5.45. The van der Waals surface area contributed by atoms with Gasteiger partial charge in [0.25, 0.3) is 11.6 Å². The van der Waals surface area contributed by atoms with Crippen LogP contribution in [0.3, 0.4) is 0 Å². The van der Waals surface area contributed by atoms with Gasteiger partial charge in [-0.15, -0.1) is 0 Å². The van der Waals surface area contributed by atoms with E-state index in [0.717, 1.165) is 0 Å². The number of halogens is 14. The molecule has 0 aromatic heterocycles. The van der Waals surface area contributed by atoms with E-state index in [1.807, 2.05) is 0 Å². The topological polar surface area (TPSA) is 36.9 Å². The molecule has 1 spiro atoms. The first-order valence-electron chi connectivity index (χ1n) is 7.90. The van der Waals surface area contributed by atoms with Crippen molar-refractivity contribution in [1.29, 1.82) is 0 Å². The van der Waals surface area contributed by atoms with Crippen LogP contribution in [0, 0.1) is 5.41 Å². The molecule has 2 saturated heterocycles. The van der Waals surface area contributed by atoms with Crippen LogP contribution in [0.2, 0.25) is 0 Å². The maximum atomic E-state index is 14.4. The zero-order valence-electron chi connectivity index (χ0n) is 14.8. The standard InChI is InChI=1S/C13H10F14O4/c1-3-5(8(14,15)16)28-10(20,21)7(11(22,23)29-5)12(24,25)30-6(4-2,9(17,18)19)31-13(7,26)27/h3-4H2,1-2H3. The Bertz CT molecular complexity index is 612. The lowest BCUT2D eigenvalue weighted by molar-refractivity contribution is -0.686. The summed E-state index contributed by atoms with van der Waals surface area (Å²) in [5.74, 6) is -10.2. The molecular weight excluding hydrogens is 486 g/mol. The van der Waals surface area contributed by atoms with Crippen molar-refractivity contribution >= 4 is 0 Å². The molecular formula is C13H10F14O4. The van der Waals surface area contributed by atoms with Crippen LogP contribution in [-0.2, 0) is 18.9 Å². The van der Waals surface area contributed by atoms with Crippen molar-refractivity contribution in [2.24, 2.45) is 5.41 Å². The first-order valence-corrected chi connectivity index (χ1v) is 7.90. The third-order valence-electron chi connectivity index (χ3n) is 4.71. The van der Waals surface area contributed by atoms with Crippen LogP contribution in [0.15, 0.2) is 0 Å². The molecule has 2 aliphatic rings. The fourth-order valence-corrected chi connectivity index (χ4v) is 3.11. The summed E-state index contributed by atoms with van der Waals surface area (Å²) in [6, 6.07) is 0.